The van der Waals surface area contributed by atoms with Gasteiger partial charge in [-0.2, -0.15) is 0 Å². The van der Waals surface area contributed by atoms with Crippen molar-refractivity contribution >= 4 is 23.1 Å². The summed E-state index contributed by atoms with van der Waals surface area (Å²) in [5, 5.41) is 2.88. The lowest BCUT2D eigenvalue weighted by molar-refractivity contribution is -0.123. The molecule has 0 heterocycles. The van der Waals surface area contributed by atoms with Gasteiger partial charge in [0, 0.05) is 6.54 Å². The number of benzene rings is 1. The zero-order chi connectivity index (χ0) is 16.0. The first-order chi connectivity index (χ1) is 9.71. The summed E-state index contributed by atoms with van der Waals surface area (Å²) in [4.78, 5) is 12.1. The first-order valence-electron chi connectivity index (χ1n) is 7.00. The summed E-state index contributed by atoms with van der Waals surface area (Å²) in [5.74, 6) is 0.762. The molecule has 1 amide bonds. The zero-order valence-corrected chi connectivity index (χ0v) is 13.9. The van der Waals surface area contributed by atoms with Crippen molar-refractivity contribution in [1.29, 1.82) is 0 Å². The maximum Gasteiger partial charge on any atom is 0.257 e. The predicted octanol–water partition coefficient (Wildman–Crippen LogP) is 2.50. The maximum absolute atomic E-state index is 11.8. The lowest BCUT2D eigenvalue weighted by Crippen LogP contribution is -2.36. The Bertz CT molecular complexity index is 509. The van der Waals surface area contributed by atoms with E-state index in [9.17, 15) is 4.79 Å². The van der Waals surface area contributed by atoms with Crippen LogP contribution in [0.5, 0.6) is 5.75 Å². The van der Waals surface area contributed by atoms with Crippen LogP contribution in [0.15, 0.2) is 24.3 Å². The molecule has 1 unspecified atom stereocenters. The molecular formula is C16H24N2O2S. The van der Waals surface area contributed by atoms with Crippen LogP contribution in [0, 0.1) is 11.3 Å². The number of carbonyl (C=O) groups excluding carboxylic acids is 1. The topological polar surface area (TPSA) is 64.3 Å². The molecule has 1 aromatic rings. The Balaban J connectivity index is 2.49. The first kappa shape index (κ1) is 17.4. The van der Waals surface area contributed by atoms with Gasteiger partial charge in [-0.3, -0.25) is 4.79 Å². The molecule has 0 aliphatic rings. The molecule has 0 aliphatic carbocycles. The summed E-state index contributed by atoms with van der Waals surface area (Å²) in [6, 6.07) is 7.17. The van der Waals surface area contributed by atoms with E-state index in [1.54, 1.807) is 12.1 Å². The Hall–Kier alpha value is -1.62. The van der Waals surface area contributed by atoms with Gasteiger partial charge in [0.15, 0.2) is 6.61 Å². The van der Waals surface area contributed by atoms with Crippen molar-refractivity contribution in [2.45, 2.75) is 27.7 Å². The fourth-order valence-electron chi connectivity index (χ4n) is 1.56. The van der Waals surface area contributed by atoms with E-state index in [4.69, 9.17) is 22.7 Å². The van der Waals surface area contributed by atoms with Gasteiger partial charge in [-0.1, -0.05) is 52.0 Å². The van der Waals surface area contributed by atoms with E-state index >= 15 is 0 Å². The average Bonchev–Trinajstić information content (AvgIpc) is 2.41. The van der Waals surface area contributed by atoms with Crippen LogP contribution in [0.3, 0.4) is 0 Å². The van der Waals surface area contributed by atoms with E-state index in [0.717, 1.165) is 0 Å². The fraction of sp³-hybridized carbons (Fsp3) is 0.500. The molecule has 4 nitrogen and oxygen atoms in total. The number of thiocarbonyl (C=S) groups is 1. The van der Waals surface area contributed by atoms with Gasteiger partial charge >= 0.3 is 0 Å². The first-order valence-corrected chi connectivity index (χ1v) is 7.41. The summed E-state index contributed by atoms with van der Waals surface area (Å²) < 4.78 is 5.50. The van der Waals surface area contributed by atoms with Gasteiger partial charge in [0.05, 0.1) is 5.56 Å². The van der Waals surface area contributed by atoms with E-state index in [1.165, 1.54) is 0 Å². The third kappa shape index (κ3) is 5.71. The maximum atomic E-state index is 11.8. The minimum Gasteiger partial charge on any atom is -0.483 e. The second-order valence-corrected chi connectivity index (χ2v) is 6.66. The summed E-state index contributed by atoms with van der Waals surface area (Å²) in [7, 11) is 0. The lowest BCUT2D eigenvalue weighted by Gasteiger charge is -2.27. The van der Waals surface area contributed by atoms with E-state index in [0.29, 0.717) is 23.8 Å². The molecule has 0 bridgehead atoms. The number of nitrogens with one attached hydrogen (secondary N) is 1. The number of hydrogen-bond donors (Lipinski definition) is 2. The normalized spacial score (nSPS) is 12.6. The van der Waals surface area contributed by atoms with Gasteiger partial charge in [0.2, 0.25) is 0 Å². The SMILES string of the molecule is CC(CNC(=O)COc1ccccc1C(N)=S)C(C)(C)C. The van der Waals surface area contributed by atoms with E-state index in [1.807, 2.05) is 12.1 Å². The van der Waals surface area contributed by atoms with Crippen LogP contribution in [0.4, 0.5) is 0 Å². The van der Waals surface area contributed by atoms with Crippen LogP contribution in [-0.4, -0.2) is 24.0 Å². The van der Waals surface area contributed by atoms with Crippen molar-refractivity contribution in [1.82, 2.24) is 5.32 Å². The van der Waals surface area contributed by atoms with Crippen LogP contribution >= 0.6 is 12.2 Å². The molecule has 1 atom stereocenters. The van der Waals surface area contributed by atoms with Crippen LogP contribution in [0.1, 0.15) is 33.3 Å². The molecule has 1 rings (SSSR count). The van der Waals surface area contributed by atoms with E-state index < -0.39 is 0 Å². The monoisotopic (exact) mass is 308 g/mol. The number of carbonyl (C=O) groups is 1. The number of amides is 1. The van der Waals surface area contributed by atoms with Crippen molar-refractivity contribution in [2.24, 2.45) is 17.1 Å². The number of rotatable bonds is 6. The molecule has 0 saturated heterocycles. The number of nitrogens with two attached hydrogens (primary N) is 1. The number of hydrogen-bond acceptors (Lipinski definition) is 3. The van der Waals surface area contributed by atoms with Gasteiger partial charge in [0.1, 0.15) is 10.7 Å². The van der Waals surface area contributed by atoms with E-state index in [2.05, 4.69) is 33.0 Å². The van der Waals surface area contributed by atoms with Crippen LogP contribution in [-0.2, 0) is 4.79 Å². The molecule has 0 radical (unpaired) electrons. The Morgan fingerprint density at radius 2 is 2.00 bits per heavy atom. The molecule has 0 fully saturated rings. The Morgan fingerprint density at radius 1 is 1.38 bits per heavy atom. The highest BCUT2D eigenvalue weighted by Gasteiger charge is 2.20. The Labute approximate surface area is 132 Å². The average molecular weight is 308 g/mol. The molecule has 0 aliphatic heterocycles. The smallest absolute Gasteiger partial charge is 0.257 e. The Morgan fingerprint density at radius 3 is 2.57 bits per heavy atom. The summed E-state index contributed by atoms with van der Waals surface area (Å²) in [6.07, 6.45) is 0. The van der Waals surface area contributed by atoms with Crippen LogP contribution < -0.4 is 15.8 Å². The van der Waals surface area contributed by atoms with Gasteiger partial charge in [-0.25, -0.2) is 0 Å². The van der Waals surface area contributed by atoms with Crippen LogP contribution in [0.2, 0.25) is 0 Å². The quantitative estimate of drug-likeness (QED) is 0.793. The third-order valence-electron chi connectivity index (χ3n) is 3.60. The zero-order valence-electron chi connectivity index (χ0n) is 13.1. The van der Waals surface area contributed by atoms with Gasteiger partial charge in [-0.05, 0) is 23.5 Å². The Kier molecular flexibility index (Phi) is 6.15. The van der Waals surface area contributed by atoms with Crippen molar-refractivity contribution in [3.8, 4) is 5.75 Å². The summed E-state index contributed by atoms with van der Waals surface area (Å²) in [6.45, 7) is 9.15. The second-order valence-electron chi connectivity index (χ2n) is 6.22. The fourth-order valence-corrected chi connectivity index (χ4v) is 1.73. The minimum absolute atomic E-state index is 0.0451. The van der Waals surface area contributed by atoms with Crippen molar-refractivity contribution in [3.63, 3.8) is 0 Å². The van der Waals surface area contributed by atoms with Gasteiger partial charge < -0.3 is 15.8 Å². The molecule has 0 saturated carbocycles. The molecule has 21 heavy (non-hydrogen) atoms. The van der Waals surface area contributed by atoms with Crippen molar-refractivity contribution in [2.75, 3.05) is 13.2 Å². The minimum atomic E-state index is -0.149. The molecule has 0 spiro atoms. The van der Waals surface area contributed by atoms with E-state index in [-0.39, 0.29) is 22.9 Å². The van der Waals surface area contributed by atoms with Crippen molar-refractivity contribution < 1.29 is 9.53 Å². The summed E-state index contributed by atoms with van der Waals surface area (Å²) in [5.41, 5.74) is 6.42. The predicted molar refractivity (Wildman–Crippen MR) is 89.5 cm³/mol. The van der Waals surface area contributed by atoms with Gasteiger partial charge in [0.25, 0.3) is 5.91 Å². The largest absolute Gasteiger partial charge is 0.483 e. The molecule has 116 valence electrons. The highest BCUT2D eigenvalue weighted by atomic mass is 32.1. The molecule has 5 heteroatoms. The molecular weight excluding hydrogens is 284 g/mol. The molecule has 1 aromatic carbocycles. The molecule has 3 N–H and O–H groups in total. The third-order valence-corrected chi connectivity index (χ3v) is 3.82. The number of ether oxygens (including phenoxy) is 1. The van der Waals surface area contributed by atoms with Gasteiger partial charge in [-0.15, -0.1) is 0 Å². The number of para-hydroxylation sites is 1. The highest BCUT2D eigenvalue weighted by Crippen LogP contribution is 2.24. The molecule has 0 aromatic heterocycles. The summed E-state index contributed by atoms with van der Waals surface area (Å²) >= 11 is 4.95. The highest BCUT2D eigenvalue weighted by molar-refractivity contribution is 7.80. The second kappa shape index (κ2) is 7.41. The lowest BCUT2D eigenvalue weighted by atomic mass is 9.82. The standard InChI is InChI=1S/C16H24N2O2S/c1-11(16(2,3)4)9-18-14(19)10-20-13-8-6-5-7-12(13)15(17)21/h5-8,11H,9-10H2,1-4H3,(H2,17,21)(H,18,19). The van der Waals surface area contributed by atoms with Crippen LogP contribution in [0.25, 0.3) is 0 Å². The van der Waals surface area contributed by atoms with Crippen molar-refractivity contribution in [3.05, 3.63) is 29.8 Å².